The largest absolute Gasteiger partial charge is 0.550 e. The first-order chi connectivity index (χ1) is 5.78. The summed E-state index contributed by atoms with van der Waals surface area (Å²) in [6.07, 6.45) is -2.72. The summed E-state index contributed by atoms with van der Waals surface area (Å²) in [5.74, 6) is -5.98. The first kappa shape index (κ1) is 15.6. The van der Waals surface area contributed by atoms with Crippen molar-refractivity contribution in [2.75, 3.05) is 0 Å². The van der Waals surface area contributed by atoms with Crippen LogP contribution in [0.25, 0.3) is 0 Å². The van der Waals surface area contributed by atoms with Gasteiger partial charge in [0.15, 0.2) is 0 Å². The van der Waals surface area contributed by atoms with Gasteiger partial charge in [-0.3, -0.25) is 0 Å². The van der Waals surface area contributed by atoms with Crippen LogP contribution in [0, 0.1) is 0 Å². The summed E-state index contributed by atoms with van der Waals surface area (Å²) < 4.78 is 0. The summed E-state index contributed by atoms with van der Waals surface area (Å²) in [6, 6.07) is 0. The number of hydrogen-bond donors (Lipinski definition) is 1. The van der Waals surface area contributed by atoms with Crippen LogP contribution in [-0.2, 0) is 36.8 Å². The van der Waals surface area contributed by atoms with Crippen LogP contribution in [0.4, 0.5) is 0 Å². The minimum Gasteiger partial charge on any atom is -0.550 e. The molecule has 0 unspecified atom stereocenters. The maximum atomic E-state index is 10.1. The average molecular weight is 297 g/mol. The molecule has 0 saturated carbocycles. The molecule has 1 radical (unpaired) electrons. The van der Waals surface area contributed by atoms with E-state index in [0.29, 0.717) is 0 Å². The zero-order chi connectivity index (χ0) is 10.6. The van der Waals surface area contributed by atoms with E-state index in [1.54, 1.807) is 0 Å². The summed E-state index contributed by atoms with van der Waals surface area (Å²) in [7, 11) is 0. The van der Waals surface area contributed by atoms with Crippen molar-refractivity contribution in [1.29, 1.82) is 0 Å². The number of carbonyl (C=O) groups excluding carboxylic acids is 3. The van der Waals surface area contributed by atoms with E-state index in [0.717, 1.165) is 0 Å². The molecule has 0 bridgehead atoms. The van der Waals surface area contributed by atoms with Gasteiger partial charge in [-0.05, 0) is 0 Å². The summed E-state index contributed by atoms with van der Waals surface area (Å²) in [4.78, 5) is 30.0. The SMILES string of the molecule is O=C([O-])CC(O)(CC(=O)[O-])C(=O)[O-].[Ag]. The van der Waals surface area contributed by atoms with Gasteiger partial charge in [0.2, 0.25) is 0 Å². The predicted octanol–water partition coefficient (Wildman–Crippen LogP) is -5.26. The average Bonchev–Trinajstić information content (AvgIpc) is 1.82. The van der Waals surface area contributed by atoms with E-state index in [2.05, 4.69) is 0 Å². The fourth-order valence-electron chi connectivity index (χ4n) is 0.684. The van der Waals surface area contributed by atoms with Gasteiger partial charge < -0.3 is 34.8 Å². The Hall–Kier alpha value is -0.890. The van der Waals surface area contributed by atoms with E-state index in [1.807, 2.05) is 0 Å². The minimum absolute atomic E-state index is 0. The Labute approximate surface area is 93.9 Å². The summed E-state index contributed by atoms with van der Waals surface area (Å²) >= 11 is 0. The maximum absolute atomic E-state index is 10.1. The van der Waals surface area contributed by atoms with Crippen molar-refractivity contribution < 1.29 is 57.2 Å². The van der Waals surface area contributed by atoms with Gasteiger partial charge in [0.25, 0.3) is 0 Å². The molecule has 1 N–H and O–H groups in total. The topological polar surface area (TPSA) is 141 Å². The number of hydrogen-bond acceptors (Lipinski definition) is 7. The van der Waals surface area contributed by atoms with Crippen molar-refractivity contribution in [3.05, 3.63) is 0 Å². The van der Waals surface area contributed by atoms with Crippen LogP contribution in [0.2, 0.25) is 0 Å². The van der Waals surface area contributed by atoms with E-state index >= 15 is 0 Å². The fraction of sp³-hybridized carbons (Fsp3) is 0.500. The Bertz CT molecular complexity index is 233. The van der Waals surface area contributed by atoms with E-state index in [-0.39, 0.29) is 22.4 Å². The molecule has 8 heteroatoms. The number of aliphatic hydroxyl groups is 1. The molecule has 0 aromatic heterocycles. The number of carboxylic acid groups (broad SMARTS) is 3. The maximum Gasteiger partial charge on any atom is 0.114 e. The molecular weight excluding hydrogens is 292 g/mol. The van der Waals surface area contributed by atoms with E-state index in [4.69, 9.17) is 5.11 Å². The third-order valence-corrected chi connectivity index (χ3v) is 1.25. The van der Waals surface area contributed by atoms with Gasteiger partial charge in [-0.25, -0.2) is 0 Å². The van der Waals surface area contributed by atoms with Crippen LogP contribution in [0.5, 0.6) is 0 Å². The quantitative estimate of drug-likeness (QED) is 0.500. The molecule has 0 aliphatic carbocycles. The third kappa shape index (κ3) is 4.97. The Morgan fingerprint density at radius 1 is 1.00 bits per heavy atom. The fourth-order valence-corrected chi connectivity index (χ4v) is 0.684. The molecule has 0 saturated heterocycles. The second-order valence-corrected chi connectivity index (χ2v) is 2.42. The number of carboxylic acids is 3. The van der Waals surface area contributed by atoms with Crippen molar-refractivity contribution in [1.82, 2.24) is 0 Å². The molecule has 0 rings (SSSR count). The first-order valence-corrected chi connectivity index (χ1v) is 3.11. The Balaban J connectivity index is 0. The van der Waals surface area contributed by atoms with Gasteiger partial charge in [0.1, 0.15) is 5.60 Å². The van der Waals surface area contributed by atoms with E-state index in [1.165, 1.54) is 0 Å². The smallest absolute Gasteiger partial charge is 0.114 e. The molecule has 0 spiro atoms. The molecule has 0 aromatic carbocycles. The molecule has 0 heterocycles. The van der Waals surface area contributed by atoms with Crippen LogP contribution < -0.4 is 15.3 Å². The minimum atomic E-state index is -2.97. The molecular formula is C6H5AgO7-3. The second kappa shape index (κ2) is 5.76. The second-order valence-electron chi connectivity index (χ2n) is 2.42. The van der Waals surface area contributed by atoms with Gasteiger partial charge in [-0.15, -0.1) is 0 Å². The van der Waals surface area contributed by atoms with Crippen LogP contribution in [0.3, 0.4) is 0 Å². The first-order valence-electron chi connectivity index (χ1n) is 3.11. The molecule has 14 heavy (non-hydrogen) atoms. The van der Waals surface area contributed by atoms with Gasteiger partial charge in [0.05, 0.1) is 5.97 Å². The van der Waals surface area contributed by atoms with E-state index in [9.17, 15) is 29.7 Å². The molecule has 0 amide bonds. The van der Waals surface area contributed by atoms with Gasteiger partial charge >= 0.3 is 0 Å². The van der Waals surface area contributed by atoms with Crippen molar-refractivity contribution in [2.45, 2.75) is 18.4 Å². The summed E-state index contributed by atoms with van der Waals surface area (Å²) in [5.41, 5.74) is -2.97. The van der Waals surface area contributed by atoms with Crippen molar-refractivity contribution in [2.24, 2.45) is 0 Å². The molecule has 0 aliphatic rings. The summed E-state index contributed by atoms with van der Waals surface area (Å²) in [5, 5.41) is 38.9. The zero-order valence-electron chi connectivity index (χ0n) is 6.61. The molecule has 0 atom stereocenters. The number of aliphatic carboxylic acids is 3. The van der Waals surface area contributed by atoms with Crippen LogP contribution in [0.1, 0.15) is 12.8 Å². The molecule has 0 fully saturated rings. The number of carbonyl (C=O) groups is 3. The Kier molecular flexibility index (Phi) is 6.41. The normalized spacial score (nSPS) is 10.1. The predicted molar refractivity (Wildman–Crippen MR) is 29.2 cm³/mol. The van der Waals surface area contributed by atoms with Gasteiger partial charge in [0, 0.05) is 47.2 Å². The Morgan fingerprint density at radius 2 is 1.29 bits per heavy atom. The standard InChI is InChI=1S/C6H8O7.Ag/c7-3(8)1-6(13,5(11)12)2-4(9)10;/h13H,1-2H2,(H,7,8)(H,9,10)(H,11,12);/p-3. The number of rotatable bonds is 5. The molecule has 7 nitrogen and oxygen atoms in total. The summed E-state index contributed by atoms with van der Waals surface area (Å²) in [6.45, 7) is 0. The Morgan fingerprint density at radius 3 is 1.43 bits per heavy atom. The molecule has 85 valence electrons. The monoisotopic (exact) mass is 296 g/mol. The van der Waals surface area contributed by atoms with Crippen LogP contribution in [0.15, 0.2) is 0 Å². The zero-order valence-corrected chi connectivity index (χ0v) is 8.09. The van der Waals surface area contributed by atoms with Crippen molar-refractivity contribution in [3.8, 4) is 0 Å². The van der Waals surface area contributed by atoms with Gasteiger partial charge in [-0.2, -0.15) is 0 Å². The van der Waals surface area contributed by atoms with Crippen LogP contribution in [-0.4, -0.2) is 28.6 Å². The molecule has 0 aliphatic heterocycles. The van der Waals surface area contributed by atoms with Crippen molar-refractivity contribution >= 4 is 17.9 Å². The van der Waals surface area contributed by atoms with Crippen LogP contribution >= 0.6 is 0 Å². The van der Waals surface area contributed by atoms with Gasteiger partial charge in [-0.1, -0.05) is 0 Å². The van der Waals surface area contributed by atoms with E-state index < -0.39 is 36.4 Å². The molecule has 0 aromatic rings. The third-order valence-electron chi connectivity index (χ3n) is 1.25. The van der Waals surface area contributed by atoms with Crippen molar-refractivity contribution in [3.63, 3.8) is 0 Å².